The molecule has 0 bridgehead atoms. The van der Waals surface area contributed by atoms with Crippen LogP contribution >= 0.6 is 0 Å². The van der Waals surface area contributed by atoms with Crippen LogP contribution < -0.4 is 10.1 Å². The lowest BCUT2D eigenvalue weighted by atomic mass is 10.1. The second kappa shape index (κ2) is 8.34. The van der Waals surface area contributed by atoms with Gasteiger partial charge in [0.1, 0.15) is 23.7 Å². The molecule has 2 heterocycles. The lowest BCUT2D eigenvalue weighted by Gasteiger charge is -2.13. The summed E-state index contributed by atoms with van der Waals surface area (Å²) in [6.07, 6.45) is 4.74. The number of allylic oxidation sites excluding steroid dienone is 3. The first-order valence-corrected chi connectivity index (χ1v) is 8.47. The quantitative estimate of drug-likeness (QED) is 0.367. The molecule has 0 saturated heterocycles. The monoisotopic (exact) mass is 381 g/mol. The smallest absolute Gasteiger partial charge is 0.210 e. The van der Waals surface area contributed by atoms with Gasteiger partial charge in [-0.2, -0.15) is 0 Å². The number of nitrogens with one attached hydrogen (secondary N) is 1. The summed E-state index contributed by atoms with van der Waals surface area (Å²) in [6.45, 7) is 5.38. The first-order valence-electron chi connectivity index (χ1n) is 8.47. The molecule has 2 aromatic heterocycles. The van der Waals surface area contributed by atoms with Gasteiger partial charge in [0.25, 0.3) is 0 Å². The molecule has 3 rings (SSSR count). The zero-order chi connectivity index (χ0) is 20.1. The molecule has 144 valence electrons. The summed E-state index contributed by atoms with van der Waals surface area (Å²) in [5, 5.41) is 20.8. The zero-order valence-electron chi connectivity index (χ0n) is 15.6. The fourth-order valence-corrected chi connectivity index (χ4v) is 2.79. The predicted octanol–water partition coefficient (Wildman–Crippen LogP) is 3.99. The molecular weight excluding hydrogens is 361 g/mol. The van der Waals surface area contributed by atoms with E-state index in [0.717, 1.165) is 11.1 Å². The van der Waals surface area contributed by atoms with E-state index in [1.54, 1.807) is 28.9 Å². The number of nitrogens with zero attached hydrogens (tertiary/aromatic N) is 4. The van der Waals surface area contributed by atoms with E-state index < -0.39 is 0 Å². The maximum atomic E-state index is 14.1. The van der Waals surface area contributed by atoms with Crippen molar-refractivity contribution in [2.24, 2.45) is 4.99 Å². The van der Waals surface area contributed by atoms with Crippen molar-refractivity contribution in [3.05, 3.63) is 71.6 Å². The number of benzene rings is 1. The highest BCUT2D eigenvalue weighted by Crippen LogP contribution is 2.25. The second-order valence-electron chi connectivity index (χ2n) is 5.96. The van der Waals surface area contributed by atoms with E-state index in [-0.39, 0.29) is 18.2 Å². The molecular formula is C20H20FN5O2. The first kappa shape index (κ1) is 19.1. The number of rotatable bonds is 7. The van der Waals surface area contributed by atoms with Crippen LogP contribution in [0.4, 0.5) is 10.2 Å². The molecule has 0 aliphatic carbocycles. The average Bonchev–Trinajstić information content (AvgIpc) is 3.20. The molecule has 8 heteroatoms. The SMILES string of the molecule is C=N/C(O)=C\C=C(/C)c1ccc(NCc2c(F)cccc2OC)n2cnnc12. The van der Waals surface area contributed by atoms with Crippen LogP contribution in [0.3, 0.4) is 0 Å². The van der Waals surface area contributed by atoms with Crippen LogP contribution in [-0.4, -0.2) is 33.5 Å². The molecule has 3 aromatic rings. The number of aromatic nitrogens is 3. The number of anilines is 1. The third-order valence-electron chi connectivity index (χ3n) is 4.27. The minimum atomic E-state index is -0.343. The summed E-state index contributed by atoms with van der Waals surface area (Å²) in [5.74, 6) is 0.664. The van der Waals surface area contributed by atoms with Crippen LogP contribution in [0.1, 0.15) is 18.1 Å². The number of methoxy groups -OCH3 is 1. The lowest BCUT2D eigenvalue weighted by Crippen LogP contribution is -2.07. The van der Waals surface area contributed by atoms with E-state index >= 15 is 0 Å². The molecule has 0 amide bonds. The van der Waals surface area contributed by atoms with E-state index in [0.29, 0.717) is 22.8 Å². The van der Waals surface area contributed by atoms with Gasteiger partial charge >= 0.3 is 0 Å². The van der Waals surface area contributed by atoms with Crippen LogP contribution in [0.5, 0.6) is 5.75 Å². The van der Waals surface area contributed by atoms with Gasteiger partial charge in [-0.15, -0.1) is 10.2 Å². The maximum Gasteiger partial charge on any atom is 0.210 e. The second-order valence-corrected chi connectivity index (χ2v) is 5.96. The lowest BCUT2D eigenvalue weighted by molar-refractivity contribution is 0.405. The van der Waals surface area contributed by atoms with Gasteiger partial charge in [0, 0.05) is 23.7 Å². The summed E-state index contributed by atoms with van der Waals surface area (Å²) < 4.78 is 21.2. The van der Waals surface area contributed by atoms with Crippen molar-refractivity contribution < 1.29 is 14.2 Å². The van der Waals surface area contributed by atoms with Crippen molar-refractivity contribution in [3.63, 3.8) is 0 Å². The number of fused-ring (bicyclic) bond motifs is 1. The summed E-state index contributed by atoms with van der Waals surface area (Å²) >= 11 is 0. The van der Waals surface area contributed by atoms with Gasteiger partial charge in [-0.3, -0.25) is 4.40 Å². The van der Waals surface area contributed by atoms with E-state index in [9.17, 15) is 9.50 Å². The fraction of sp³-hybridized carbons (Fsp3) is 0.150. The Bertz CT molecular complexity index is 1070. The average molecular weight is 381 g/mol. The van der Waals surface area contributed by atoms with E-state index in [1.165, 1.54) is 19.3 Å². The topological polar surface area (TPSA) is 84.0 Å². The van der Waals surface area contributed by atoms with Crippen molar-refractivity contribution in [1.29, 1.82) is 0 Å². The first-order chi connectivity index (χ1) is 13.5. The number of pyridine rings is 1. The third kappa shape index (κ3) is 3.85. The van der Waals surface area contributed by atoms with Gasteiger partial charge in [0.05, 0.1) is 7.11 Å². The summed E-state index contributed by atoms with van der Waals surface area (Å²) in [6, 6.07) is 8.45. The molecule has 28 heavy (non-hydrogen) atoms. The number of ether oxygens (including phenoxy) is 1. The Morgan fingerprint density at radius 1 is 1.36 bits per heavy atom. The summed E-state index contributed by atoms with van der Waals surface area (Å²) in [4.78, 5) is 3.43. The highest BCUT2D eigenvalue weighted by Gasteiger charge is 2.12. The zero-order valence-corrected chi connectivity index (χ0v) is 15.6. The van der Waals surface area contributed by atoms with Crippen molar-refractivity contribution in [2.75, 3.05) is 12.4 Å². The van der Waals surface area contributed by atoms with Gasteiger partial charge in [-0.1, -0.05) is 12.1 Å². The predicted molar refractivity (Wildman–Crippen MR) is 107 cm³/mol. The van der Waals surface area contributed by atoms with Crippen molar-refractivity contribution in [1.82, 2.24) is 14.6 Å². The molecule has 0 spiro atoms. The molecule has 2 N–H and O–H groups in total. The number of hydrogen-bond donors (Lipinski definition) is 2. The Hall–Kier alpha value is -3.68. The van der Waals surface area contributed by atoms with Crippen molar-refractivity contribution in [3.8, 4) is 5.75 Å². The molecule has 0 aliphatic rings. The minimum absolute atomic E-state index is 0.172. The van der Waals surface area contributed by atoms with Crippen LogP contribution in [0.25, 0.3) is 11.2 Å². The molecule has 0 saturated carbocycles. The standard InChI is InChI=1S/C20H20FN5O2/c1-13(7-10-19(27)22-2)14-8-9-18(26-12-24-25-20(14)26)23-11-15-16(21)5-4-6-17(15)28-3/h4-10,12,23,27H,2,11H2,1,3H3/b13-7+,19-10+. The Labute approximate surface area is 161 Å². The number of aliphatic imine (C=N–C) groups is 1. The highest BCUT2D eigenvalue weighted by molar-refractivity contribution is 5.77. The van der Waals surface area contributed by atoms with Crippen molar-refractivity contribution in [2.45, 2.75) is 13.5 Å². The Morgan fingerprint density at radius 2 is 2.18 bits per heavy atom. The molecule has 1 aromatic carbocycles. The Balaban J connectivity index is 1.92. The van der Waals surface area contributed by atoms with Gasteiger partial charge in [-0.25, -0.2) is 9.38 Å². The van der Waals surface area contributed by atoms with E-state index in [1.807, 2.05) is 19.1 Å². The molecule has 0 atom stereocenters. The van der Waals surface area contributed by atoms with Gasteiger partial charge in [-0.05, 0) is 43.5 Å². The van der Waals surface area contributed by atoms with E-state index in [4.69, 9.17) is 4.74 Å². The largest absolute Gasteiger partial charge is 0.496 e. The molecule has 0 fully saturated rings. The molecule has 0 unspecified atom stereocenters. The molecule has 0 aliphatic heterocycles. The summed E-state index contributed by atoms with van der Waals surface area (Å²) in [5.41, 5.74) is 2.75. The number of aliphatic hydroxyl groups excluding tert-OH is 1. The van der Waals surface area contributed by atoms with E-state index in [2.05, 4.69) is 27.2 Å². The summed E-state index contributed by atoms with van der Waals surface area (Å²) in [7, 11) is 1.51. The van der Waals surface area contributed by atoms with Crippen LogP contribution in [-0.2, 0) is 6.54 Å². The number of halogens is 1. The molecule has 7 nitrogen and oxygen atoms in total. The fourth-order valence-electron chi connectivity index (χ4n) is 2.79. The van der Waals surface area contributed by atoms with Crippen LogP contribution in [0.2, 0.25) is 0 Å². The van der Waals surface area contributed by atoms with Crippen molar-refractivity contribution >= 4 is 23.8 Å². The third-order valence-corrected chi connectivity index (χ3v) is 4.27. The number of aliphatic hydroxyl groups is 1. The van der Waals surface area contributed by atoms with Crippen LogP contribution in [0, 0.1) is 5.82 Å². The Morgan fingerprint density at radius 3 is 2.93 bits per heavy atom. The minimum Gasteiger partial charge on any atom is -0.496 e. The van der Waals surface area contributed by atoms with Gasteiger partial charge in [0.2, 0.25) is 5.88 Å². The van der Waals surface area contributed by atoms with Crippen LogP contribution in [0.15, 0.2) is 59.7 Å². The number of hydrogen-bond acceptors (Lipinski definition) is 6. The normalized spacial score (nSPS) is 12.2. The maximum absolute atomic E-state index is 14.1. The van der Waals surface area contributed by atoms with Gasteiger partial charge < -0.3 is 15.2 Å². The van der Waals surface area contributed by atoms with Gasteiger partial charge in [0.15, 0.2) is 5.65 Å². The Kier molecular flexibility index (Phi) is 5.69. The highest BCUT2D eigenvalue weighted by atomic mass is 19.1. The molecule has 0 radical (unpaired) electrons.